The molecule has 0 radical (unpaired) electrons. The smallest absolute Gasteiger partial charge is 0.214 e. The minimum Gasteiger partial charge on any atom is -0.236 e. The predicted octanol–water partition coefficient (Wildman–Crippen LogP) is 3.08. The van der Waals surface area contributed by atoms with Crippen molar-refractivity contribution in [2.45, 2.75) is 44.7 Å². The lowest BCUT2D eigenvalue weighted by molar-refractivity contribution is 0.300. The first kappa shape index (κ1) is 16.6. The largest absolute Gasteiger partial charge is 0.236 e. The van der Waals surface area contributed by atoms with Crippen molar-refractivity contribution >= 4 is 10.0 Å². The number of benzene rings is 1. The van der Waals surface area contributed by atoms with Crippen molar-refractivity contribution in [2.24, 2.45) is 0 Å². The number of halogens is 1. The van der Waals surface area contributed by atoms with Crippen LogP contribution in [0.2, 0.25) is 0 Å². The SMILES string of the molecule is CCCS(=O)(=O)N1[C@H]2CC[C@@H]1c1cnc(-c3ccc(F)cc3)nc1C2. The van der Waals surface area contributed by atoms with Gasteiger partial charge in [0, 0.05) is 29.8 Å². The molecule has 2 aliphatic heterocycles. The highest BCUT2D eigenvalue weighted by Crippen LogP contribution is 2.45. The third kappa shape index (κ3) is 2.85. The van der Waals surface area contributed by atoms with E-state index < -0.39 is 10.0 Å². The summed E-state index contributed by atoms with van der Waals surface area (Å²) in [6, 6.07) is 5.94. The summed E-state index contributed by atoms with van der Waals surface area (Å²) in [6.45, 7) is 1.88. The normalized spacial score (nSPS) is 22.8. The van der Waals surface area contributed by atoms with Crippen molar-refractivity contribution in [3.63, 3.8) is 0 Å². The molecule has 132 valence electrons. The molecular weight excluding hydrogens is 341 g/mol. The van der Waals surface area contributed by atoms with E-state index in [0.717, 1.165) is 29.7 Å². The minimum absolute atomic E-state index is 0.00924. The van der Waals surface area contributed by atoms with Crippen LogP contribution >= 0.6 is 0 Å². The summed E-state index contributed by atoms with van der Waals surface area (Å²) in [5, 5.41) is 0. The van der Waals surface area contributed by atoms with Gasteiger partial charge in [0.25, 0.3) is 0 Å². The zero-order valence-corrected chi connectivity index (χ0v) is 14.8. The van der Waals surface area contributed by atoms with Crippen molar-refractivity contribution in [1.82, 2.24) is 14.3 Å². The number of rotatable bonds is 4. The number of sulfonamides is 1. The van der Waals surface area contributed by atoms with Crippen LogP contribution in [-0.2, 0) is 16.4 Å². The van der Waals surface area contributed by atoms with Crippen molar-refractivity contribution in [3.05, 3.63) is 47.5 Å². The Labute approximate surface area is 147 Å². The average Bonchev–Trinajstić information content (AvgIpc) is 2.92. The molecule has 0 aliphatic carbocycles. The summed E-state index contributed by atoms with van der Waals surface area (Å²) in [4.78, 5) is 9.08. The molecule has 1 aromatic carbocycles. The van der Waals surface area contributed by atoms with Crippen LogP contribution in [-0.4, -0.2) is 34.5 Å². The lowest BCUT2D eigenvalue weighted by atomic mass is 10.0. The molecule has 2 aromatic rings. The molecule has 1 fully saturated rings. The number of nitrogens with zero attached hydrogens (tertiary/aromatic N) is 3. The number of hydrogen-bond acceptors (Lipinski definition) is 4. The van der Waals surface area contributed by atoms with Crippen LogP contribution in [0.1, 0.15) is 43.5 Å². The highest BCUT2D eigenvalue weighted by Gasteiger charge is 2.46. The Balaban J connectivity index is 1.71. The molecule has 5 nitrogen and oxygen atoms in total. The third-order valence-corrected chi connectivity index (χ3v) is 7.13. The van der Waals surface area contributed by atoms with Gasteiger partial charge in [0.15, 0.2) is 5.82 Å². The molecule has 0 N–H and O–H groups in total. The van der Waals surface area contributed by atoms with Crippen LogP contribution < -0.4 is 0 Å². The fourth-order valence-corrected chi connectivity index (χ4v) is 5.93. The first-order valence-electron chi connectivity index (χ1n) is 8.62. The van der Waals surface area contributed by atoms with Gasteiger partial charge in [-0.25, -0.2) is 22.8 Å². The Bertz CT molecular complexity index is 899. The van der Waals surface area contributed by atoms with E-state index in [1.54, 1.807) is 22.6 Å². The number of hydrogen-bond donors (Lipinski definition) is 0. The van der Waals surface area contributed by atoms with Crippen molar-refractivity contribution in [2.75, 3.05) is 5.75 Å². The molecular formula is C18H20FN3O2S. The summed E-state index contributed by atoms with van der Waals surface area (Å²) >= 11 is 0. The molecule has 25 heavy (non-hydrogen) atoms. The van der Waals surface area contributed by atoms with Gasteiger partial charge >= 0.3 is 0 Å². The van der Waals surface area contributed by atoms with Crippen LogP contribution in [0.4, 0.5) is 4.39 Å². The molecule has 0 spiro atoms. The molecule has 3 heterocycles. The quantitative estimate of drug-likeness (QED) is 0.839. The zero-order valence-electron chi connectivity index (χ0n) is 14.0. The van der Waals surface area contributed by atoms with E-state index in [4.69, 9.17) is 0 Å². The van der Waals surface area contributed by atoms with Crippen molar-refractivity contribution in [1.29, 1.82) is 0 Å². The second kappa shape index (κ2) is 6.14. The zero-order chi connectivity index (χ0) is 17.6. The van der Waals surface area contributed by atoms with Crippen molar-refractivity contribution in [3.8, 4) is 11.4 Å². The topological polar surface area (TPSA) is 63.2 Å². The molecule has 2 bridgehead atoms. The van der Waals surface area contributed by atoms with Gasteiger partial charge in [-0.3, -0.25) is 0 Å². The first-order chi connectivity index (χ1) is 12.0. The van der Waals surface area contributed by atoms with E-state index in [2.05, 4.69) is 9.97 Å². The summed E-state index contributed by atoms with van der Waals surface area (Å²) in [5.41, 5.74) is 2.60. The van der Waals surface area contributed by atoms with Crippen LogP contribution in [0.15, 0.2) is 30.5 Å². The van der Waals surface area contributed by atoms with E-state index in [-0.39, 0.29) is 23.7 Å². The molecule has 7 heteroatoms. The second-order valence-electron chi connectivity index (χ2n) is 6.70. The molecule has 0 amide bonds. The predicted molar refractivity (Wildman–Crippen MR) is 92.8 cm³/mol. The highest BCUT2D eigenvalue weighted by molar-refractivity contribution is 7.89. The summed E-state index contributed by atoms with van der Waals surface area (Å²) < 4.78 is 40.0. The maximum Gasteiger partial charge on any atom is 0.214 e. The van der Waals surface area contributed by atoms with E-state index in [1.807, 2.05) is 6.92 Å². The van der Waals surface area contributed by atoms with E-state index in [9.17, 15) is 12.8 Å². The number of fused-ring (bicyclic) bond motifs is 4. The monoisotopic (exact) mass is 361 g/mol. The Kier molecular flexibility index (Phi) is 4.08. The molecule has 1 saturated heterocycles. The summed E-state index contributed by atoms with van der Waals surface area (Å²) in [6.07, 6.45) is 4.66. The van der Waals surface area contributed by atoms with Gasteiger partial charge in [-0.2, -0.15) is 4.31 Å². The van der Waals surface area contributed by atoms with Crippen LogP contribution in [0, 0.1) is 5.82 Å². The van der Waals surface area contributed by atoms with Gasteiger partial charge < -0.3 is 0 Å². The molecule has 0 saturated carbocycles. The molecule has 0 unspecified atom stereocenters. The lowest BCUT2D eigenvalue weighted by Gasteiger charge is -2.34. The van der Waals surface area contributed by atoms with E-state index >= 15 is 0 Å². The van der Waals surface area contributed by atoms with Crippen molar-refractivity contribution < 1.29 is 12.8 Å². The minimum atomic E-state index is -3.24. The van der Waals surface area contributed by atoms with Gasteiger partial charge in [-0.15, -0.1) is 0 Å². The van der Waals surface area contributed by atoms with E-state index in [1.165, 1.54) is 12.1 Å². The van der Waals surface area contributed by atoms with Gasteiger partial charge in [0.1, 0.15) is 5.82 Å². The first-order valence-corrected chi connectivity index (χ1v) is 10.2. The standard InChI is InChI=1S/C18H20FN3O2S/c1-2-9-25(23,24)22-14-7-8-17(22)15-11-20-18(21-16(15)10-14)12-3-5-13(19)6-4-12/h3-6,11,14,17H,2,7-10H2,1H3/t14-,17+/m0/s1. The fourth-order valence-electron chi connectivity index (χ4n) is 3.96. The summed E-state index contributed by atoms with van der Waals surface area (Å²) in [7, 11) is -3.24. The highest BCUT2D eigenvalue weighted by atomic mass is 32.2. The number of aromatic nitrogens is 2. The van der Waals surface area contributed by atoms with Crippen LogP contribution in [0.25, 0.3) is 11.4 Å². The van der Waals surface area contributed by atoms with E-state index in [0.29, 0.717) is 18.7 Å². The fraction of sp³-hybridized carbons (Fsp3) is 0.444. The summed E-state index contributed by atoms with van der Waals surface area (Å²) in [5.74, 6) is 0.448. The molecule has 2 aliphatic rings. The van der Waals surface area contributed by atoms with Gasteiger partial charge in [0.2, 0.25) is 10.0 Å². The van der Waals surface area contributed by atoms with Crippen LogP contribution in [0.3, 0.4) is 0 Å². The van der Waals surface area contributed by atoms with Crippen LogP contribution in [0.5, 0.6) is 0 Å². The van der Waals surface area contributed by atoms with Gasteiger partial charge in [0.05, 0.1) is 17.5 Å². The van der Waals surface area contributed by atoms with Gasteiger partial charge in [-0.1, -0.05) is 6.92 Å². The molecule has 4 rings (SSSR count). The lowest BCUT2D eigenvalue weighted by Crippen LogP contribution is -2.43. The maximum atomic E-state index is 13.1. The Morgan fingerprint density at radius 3 is 2.72 bits per heavy atom. The molecule has 1 aromatic heterocycles. The maximum absolute atomic E-state index is 13.1. The average molecular weight is 361 g/mol. The Morgan fingerprint density at radius 2 is 2.00 bits per heavy atom. The Morgan fingerprint density at radius 1 is 1.24 bits per heavy atom. The molecule has 2 atom stereocenters. The third-order valence-electron chi connectivity index (χ3n) is 5.01. The second-order valence-corrected chi connectivity index (χ2v) is 8.69. The van der Waals surface area contributed by atoms with Gasteiger partial charge in [-0.05, 0) is 43.5 Å². The Hall–Kier alpha value is -1.86.